The zero-order valence-electron chi connectivity index (χ0n) is 8.68. The summed E-state index contributed by atoms with van der Waals surface area (Å²) in [6, 6.07) is 0. The molecule has 7 heteroatoms. The molecule has 1 heterocycles. The Morgan fingerprint density at radius 2 is 2.33 bits per heavy atom. The van der Waals surface area contributed by atoms with Crippen LogP contribution in [0.2, 0.25) is 0 Å². The van der Waals surface area contributed by atoms with E-state index < -0.39 is 10.0 Å². The van der Waals surface area contributed by atoms with Gasteiger partial charge in [-0.25, -0.2) is 13.1 Å². The van der Waals surface area contributed by atoms with Gasteiger partial charge in [0.25, 0.3) is 0 Å². The maximum atomic E-state index is 11.2. The third-order valence-corrected chi connectivity index (χ3v) is 3.23. The topological polar surface area (TPSA) is 90.0 Å². The maximum absolute atomic E-state index is 11.2. The lowest BCUT2D eigenvalue weighted by Gasteiger charge is -2.05. The van der Waals surface area contributed by atoms with E-state index in [-0.39, 0.29) is 12.3 Å². The summed E-state index contributed by atoms with van der Waals surface area (Å²) in [5, 5.41) is 4.04. The average Bonchev–Trinajstić information content (AvgIpc) is 2.51. The Morgan fingerprint density at radius 1 is 1.60 bits per heavy atom. The summed E-state index contributed by atoms with van der Waals surface area (Å²) in [6.07, 6.45) is 3.59. The van der Waals surface area contributed by atoms with Gasteiger partial charge in [0.1, 0.15) is 0 Å². The standard InChI is InChI=1S/C8H16N4O2S/c1-8-6-10-12(7-8)4-3-11-15(13,14)5-2-9/h6-7,11H,2-5,9H2,1H3. The Hall–Kier alpha value is -0.920. The molecule has 15 heavy (non-hydrogen) atoms. The van der Waals surface area contributed by atoms with Gasteiger partial charge in [0.2, 0.25) is 10.0 Å². The highest BCUT2D eigenvalue weighted by Gasteiger charge is 2.07. The van der Waals surface area contributed by atoms with Crippen molar-refractivity contribution in [2.45, 2.75) is 13.5 Å². The van der Waals surface area contributed by atoms with Gasteiger partial charge in [0.15, 0.2) is 0 Å². The van der Waals surface area contributed by atoms with E-state index in [1.165, 1.54) is 0 Å². The van der Waals surface area contributed by atoms with Gasteiger partial charge in [-0.1, -0.05) is 0 Å². The van der Waals surface area contributed by atoms with Crippen LogP contribution in [0.4, 0.5) is 0 Å². The predicted molar refractivity (Wildman–Crippen MR) is 57.8 cm³/mol. The van der Waals surface area contributed by atoms with Crippen molar-refractivity contribution >= 4 is 10.0 Å². The van der Waals surface area contributed by atoms with Gasteiger partial charge < -0.3 is 5.73 Å². The van der Waals surface area contributed by atoms with E-state index in [9.17, 15) is 8.42 Å². The van der Waals surface area contributed by atoms with Crippen LogP contribution in [-0.4, -0.2) is 37.0 Å². The zero-order chi connectivity index (χ0) is 11.3. The van der Waals surface area contributed by atoms with Gasteiger partial charge in [-0.05, 0) is 12.5 Å². The molecule has 86 valence electrons. The molecule has 0 aliphatic carbocycles. The van der Waals surface area contributed by atoms with E-state index in [2.05, 4.69) is 9.82 Å². The van der Waals surface area contributed by atoms with E-state index >= 15 is 0 Å². The van der Waals surface area contributed by atoms with Crippen molar-refractivity contribution in [3.05, 3.63) is 18.0 Å². The SMILES string of the molecule is Cc1cnn(CCNS(=O)(=O)CCN)c1. The second-order valence-corrected chi connectivity index (χ2v) is 5.21. The molecule has 0 fully saturated rings. The Balaban J connectivity index is 2.33. The highest BCUT2D eigenvalue weighted by molar-refractivity contribution is 7.89. The van der Waals surface area contributed by atoms with Gasteiger partial charge in [-0.15, -0.1) is 0 Å². The second-order valence-electron chi connectivity index (χ2n) is 3.28. The smallest absolute Gasteiger partial charge is 0.212 e. The van der Waals surface area contributed by atoms with Crippen LogP contribution < -0.4 is 10.5 Å². The van der Waals surface area contributed by atoms with Crippen molar-refractivity contribution in [3.63, 3.8) is 0 Å². The van der Waals surface area contributed by atoms with Crippen molar-refractivity contribution in [3.8, 4) is 0 Å². The monoisotopic (exact) mass is 232 g/mol. The third-order valence-electron chi connectivity index (χ3n) is 1.81. The first-order valence-electron chi connectivity index (χ1n) is 4.70. The minimum atomic E-state index is -3.21. The number of sulfonamides is 1. The lowest BCUT2D eigenvalue weighted by Crippen LogP contribution is -2.32. The third kappa shape index (κ3) is 4.41. The normalized spacial score (nSPS) is 11.9. The second kappa shape index (κ2) is 5.24. The average molecular weight is 232 g/mol. The summed E-state index contributed by atoms with van der Waals surface area (Å²) in [7, 11) is -3.21. The van der Waals surface area contributed by atoms with Gasteiger partial charge in [0.05, 0.1) is 18.5 Å². The Bertz CT molecular complexity index is 399. The molecule has 0 unspecified atom stereocenters. The summed E-state index contributed by atoms with van der Waals surface area (Å²) in [5.41, 5.74) is 6.22. The first-order chi connectivity index (χ1) is 7.03. The first kappa shape index (κ1) is 12.2. The molecule has 6 nitrogen and oxygen atoms in total. The van der Waals surface area contributed by atoms with E-state index in [0.717, 1.165) is 5.56 Å². The van der Waals surface area contributed by atoms with Crippen molar-refractivity contribution < 1.29 is 8.42 Å². The minimum Gasteiger partial charge on any atom is -0.329 e. The lowest BCUT2D eigenvalue weighted by molar-refractivity contribution is 0.561. The summed E-state index contributed by atoms with van der Waals surface area (Å²) >= 11 is 0. The molecule has 0 aliphatic heterocycles. The summed E-state index contributed by atoms with van der Waals surface area (Å²) in [6.45, 7) is 2.93. The van der Waals surface area contributed by atoms with Gasteiger partial charge >= 0.3 is 0 Å². The van der Waals surface area contributed by atoms with Crippen LogP contribution in [0, 0.1) is 6.92 Å². The molecule has 0 saturated heterocycles. The van der Waals surface area contributed by atoms with Crippen molar-refractivity contribution in [1.82, 2.24) is 14.5 Å². The van der Waals surface area contributed by atoms with Crippen LogP contribution in [0.3, 0.4) is 0 Å². The van der Waals surface area contributed by atoms with Gasteiger partial charge in [0, 0.05) is 19.3 Å². The molecular weight excluding hydrogens is 216 g/mol. The molecular formula is C8H16N4O2S. The summed E-state index contributed by atoms with van der Waals surface area (Å²) in [4.78, 5) is 0. The number of aromatic nitrogens is 2. The van der Waals surface area contributed by atoms with Crippen LogP contribution >= 0.6 is 0 Å². The summed E-state index contributed by atoms with van der Waals surface area (Å²) in [5.74, 6) is -0.0366. The van der Waals surface area contributed by atoms with Crippen LogP contribution in [0.5, 0.6) is 0 Å². The van der Waals surface area contributed by atoms with E-state index in [0.29, 0.717) is 13.1 Å². The lowest BCUT2D eigenvalue weighted by atomic mass is 10.4. The van der Waals surface area contributed by atoms with Crippen molar-refractivity contribution in [2.75, 3.05) is 18.8 Å². The molecule has 0 spiro atoms. The number of nitrogens with two attached hydrogens (primary N) is 1. The van der Waals surface area contributed by atoms with Gasteiger partial charge in [-0.3, -0.25) is 4.68 Å². The van der Waals surface area contributed by atoms with Crippen molar-refractivity contribution in [2.24, 2.45) is 5.73 Å². The fraction of sp³-hybridized carbons (Fsp3) is 0.625. The number of aryl methyl sites for hydroxylation is 1. The number of nitrogens with one attached hydrogen (secondary N) is 1. The molecule has 3 N–H and O–H groups in total. The van der Waals surface area contributed by atoms with E-state index in [1.54, 1.807) is 10.9 Å². The van der Waals surface area contributed by atoms with Crippen molar-refractivity contribution in [1.29, 1.82) is 0 Å². The summed E-state index contributed by atoms with van der Waals surface area (Å²) < 4.78 is 26.6. The van der Waals surface area contributed by atoms with Crippen LogP contribution in [0.25, 0.3) is 0 Å². The van der Waals surface area contributed by atoms with Gasteiger partial charge in [-0.2, -0.15) is 5.10 Å². The Labute approximate surface area is 89.5 Å². The van der Waals surface area contributed by atoms with Crippen LogP contribution in [0.15, 0.2) is 12.4 Å². The van der Waals surface area contributed by atoms with E-state index in [1.807, 2.05) is 13.1 Å². The zero-order valence-corrected chi connectivity index (χ0v) is 9.50. The van der Waals surface area contributed by atoms with Crippen LogP contribution in [-0.2, 0) is 16.6 Å². The largest absolute Gasteiger partial charge is 0.329 e. The fourth-order valence-electron chi connectivity index (χ4n) is 1.13. The molecule has 0 amide bonds. The number of rotatable bonds is 6. The molecule has 0 saturated carbocycles. The van der Waals surface area contributed by atoms with Crippen LogP contribution in [0.1, 0.15) is 5.56 Å². The molecule has 0 radical (unpaired) electrons. The fourth-order valence-corrected chi connectivity index (χ4v) is 1.99. The molecule has 0 atom stereocenters. The number of nitrogens with zero attached hydrogens (tertiary/aromatic N) is 2. The Morgan fingerprint density at radius 3 is 2.87 bits per heavy atom. The molecule has 0 bridgehead atoms. The highest BCUT2D eigenvalue weighted by atomic mass is 32.2. The molecule has 1 aromatic rings. The molecule has 1 aromatic heterocycles. The quantitative estimate of drug-likeness (QED) is 0.663. The highest BCUT2D eigenvalue weighted by Crippen LogP contribution is 1.93. The number of hydrogen-bond donors (Lipinski definition) is 2. The first-order valence-corrected chi connectivity index (χ1v) is 6.35. The number of hydrogen-bond acceptors (Lipinski definition) is 4. The molecule has 0 aliphatic rings. The van der Waals surface area contributed by atoms with E-state index in [4.69, 9.17) is 5.73 Å². The predicted octanol–water partition coefficient (Wildman–Crippen LogP) is -0.930. The molecule has 0 aromatic carbocycles. The maximum Gasteiger partial charge on any atom is 0.212 e. The Kier molecular flexibility index (Phi) is 4.25. The molecule has 1 rings (SSSR count). The minimum absolute atomic E-state index is 0.0366.